The molecule has 0 aromatic heterocycles. The first kappa shape index (κ1) is 21.5. The van der Waals surface area contributed by atoms with Crippen LogP contribution in [0.4, 0.5) is 11.4 Å². The number of rotatable bonds is 7. The molecule has 5 nitrogen and oxygen atoms in total. The number of nitrogens with one attached hydrogen (secondary N) is 1. The van der Waals surface area contributed by atoms with E-state index in [0.29, 0.717) is 18.0 Å². The molecular weight excluding hydrogens is 352 g/mol. The number of carbonyl (C=O) groups excluding carboxylic acids is 2. The molecule has 1 N–H and O–H groups in total. The van der Waals surface area contributed by atoms with Crippen LogP contribution in [-0.2, 0) is 15.0 Å². The van der Waals surface area contributed by atoms with Gasteiger partial charge in [0.15, 0.2) is 0 Å². The highest BCUT2D eigenvalue weighted by Gasteiger charge is 2.20. The largest absolute Gasteiger partial charge is 0.492 e. The lowest BCUT2D eigenvalue weighted by atomic mass is 9.86. The van der Waals surface area contributed by atoms with Crippen LogP contribution in [0.3, 0.4) is 0 Å². The number of nitrogens with zero attached hydrogens (tertiary/aromatic N) is 1. The third-order valence-electron chi connectivity index (χ3n) is 4.41. The topological polar surface area (TPSA) is 58.6 Å². The highest BCUT2D eigenvalue weighted by molar-refractivity contribution is 5.96. The minimum absolute atomic E-state index is 0.0777. The van der Waals surface area contributed by atoms with Crippen molar-refractivity contribution < 1.29 is 14.3 Å². The van der Waals surface area contributed by atoms with Gasteiger partial charge in [-0.1, -0.05) is 51.1 Å². The molecule has 2 amide bonds. The molecule has 0 fully saturated rings. The van der Waals surface area contributed by atoms with Crippen LogP contribution in [-0.4, -0.2) is 25.0 Å². The standard InChI is InChI=1S/C23H30N2O3/c1-6-28-21-14-10-9-13-20(21)25(17(2)26)16-15-22(27)24-19-12-8-7-11-18(19)23(3,4)5/h7-14H,6,15-16H2,1-5H3,(H,24,27). The zero-order chi connectivity index (χ0) is 20.7. The quantitative estimate of drug-likeness (QED) is 0.751. The Hall–Kier alpha value is -2.82. The zero-order valence-electron chi connectivity index (χ0n) is 17.4. The van der Waals surface area contributed by atoms with Gasteiger partial charge in [-0.05, 0) is 36.1 Å². The van der Waals surface area contributed by atoms with Crippen molar-refractivity contribution in [3.63, 3.8) is 0 Å². The van der Waals surface area contributed by atoms with E-state index < -0.39 is 0 Å². The van der Waals surface area contributed by atoms with Gasteiger partial charge in [0, 0.05) is 25.6 Å². The first-order valence-corrected chi connectivity index (χ1v) is 9.63. The number of hydrogen-bond acceptors (Lipinski definition) is 3. The number of carbonyl (C=O) groups is 2. The number of para-hydroxylation sites is 3. The van der Waals surface area contributed by atoms with E-state index in [-0.39, 0.29) is 30.2 Å². The van der Waals surface area contributed by atoms with Gasteiger partial charge in [0.25, 0.3) is 0 Å². The minimum atomic E-state index is -0.130. The lowest BCUT2D eigenvalue weighted by molar-refractivity contribution is -0.117. The average molecular weight is 383 g/mol. The van der Waals surface area contributed by atoms with Crippen molar-refractivity contribution in [2.45, 2.75) is 46.5 Å². The molecule has 5 heteroatoms. The van der Waals surface area contributed by atoms with Crippen LogP contribution in [0.1, 0.15) is 46.6 Å². The minimum Gasteiger partial charge on any atom is -0.492 e. The molecule has 0 saturated heterocycles. The highest BCUT2D eigenvalue weighted by Crippen LogP contribution is 2.30. The van der Waals surface area contributed by atoms with Crippen LogP contribution in [0.2, 0.25) is 0 Å². The molecule has 0 heterocycles. The Balaban J connectivity index is 2.12. The van der Waals surface area contributed by atoms with E-state index in [4.69, 9.17) is 4.74 Å². The van der Waals surface area contributed by atoms with Crippen molar-refractivity contribution >= 4 is 23.2 Å². The van der Waals surface area contributed by atoms with Gasteiger partial charge in [-0.2, -0.15) is 0 Å². The summed E-state index contributed by atoms with van der Waals surface area (Å²) in [5.74, 6) is 0.380. The number of hydrogen-bond donors (Lipinski definition) is 1. The zero-order valence-corrected chi connectivity index (χ0v) is 17.4. The lowest BCUT2D eigenvalue weighted by Crippen LogP contribution is -2.32. The summed E-state index contributed by atoms with van der Waals surface area (Å²) in [6, 6.07) is 15.2. The second-order valence-electron chi connectivity index (χ2n) is 7.67. The number of ether oxygens (including phenoxy) is 1. The second kappa shape index (κ2) is 9.40. The van der Waals surface area contributed by atoms with Crippen LogP contribution >= 0.6 is 0 Å². The number of amides is 2. The summed E-state index contributed by atoms with van der Waals surface area (Å²) in [5, 5.41) is 2.99. The molecule has 0 bridgehead atoms. The van der Waals surface area contributed by atoms with Gasteiger partial charge in [0.1, 0.15) is 5.75 Å². The van der Waals surface area contributed by atoms with Crippen molar-refractivity contribution in [2.24, 2.45) is 0 Å². The van der Waals surface area contributed by atoms with Gasteiger partial charge < -0.3 is 15.0 Å². The Bertz CT molecular complexity index is 825. The van der Waals surface area contributed by atoms with Crippen molar-refractivity contribution in [3.05, 3.63) is 54.1 Å². The van der Waals surface area contributed by atoms with Crippen LogP contribution in [0.25, 0.3) is 0 Å². The van der Waals surface area contributed by atoms with Gasteiger partial charge in [-0.25, -0.2) is 0 Å². The average Bonchev–Trinajstić information content (AvgIpc) is 2.62. The van der Waals surface area contributed by atoms with Crippen molar-refractivity contribution in [2.75, 3.05) is 23.4 Å². The first-order chi connectivity index (χ1) is 13.2. The van der Waals surface area contributed by atoms with Crippen molar-refractivity contribution in [3.8, 4) is 5.75 Å². The maximum absolute atomic E-state index is 12.6. The molecule has 0 atom stereocenters. The maximum Gasteiger partial charge on any atom is 0.226 e. The Morgan fingerprint density at radius 3 is 2.32 bits per heavy atom. The Kier molecular flexibility index (Phi) is 7.21. The fourth-order valence-corrected chi connectivity index (χ4v) is 3.08. The molecule has 2 aromatic rings. The van der Waals surface area contributed by atoms with Crippen LogP contribution in [0.15, 0.2) is 48.5 Å². The molecule has 0 saturated carbocycles. The Labute approximate surface area is 167 Å². The predicted molar refractivity (Wildman–Crippen MR) is 114 cm³/mol. The van der Waals surface area contributed by atoms with E-state index in [1.54, 1.807) is 4.90 Å². The Morgan fingerprint density at radius 1 is 1.04 bits per heavy atom. The second-order valence-corrected chi connectivity index (χ2v) is 7.67. The summed E-state index contributed by atoms with van der Waals surface area (Å²) >= 11 is 0. The summed E-state index contributed by atoms with van der Waals surface area (Å²) in [5.41, 5.74) is 2.49. The third kappa shape index (κ3) is 5.59. The summed E-state index contributed by atoms with van der Waals surface area (Å²) < 4.78 is 5.63. The van der Waals surface area contributed by atoms with Crippen molar-refractivity contribution in [1.82, 2.24) is 0 Å². The molecule has 0 radical (unpaired) electrons. The summed E-state index contributed by atoms with van der Waals surface area (Å²) in [7, 11) is 0. The SMILES string of the molecule is CCOc1ccccc1N(CCC(=O)Nc1ccccc1C(C)(C)C)C(C)=O. The number of anilines is 2. The summed E-state index contributed by atoms with van der Waals surface area (Å²) in [4.78, 5) is 26.4. The van der Waals surface area contributed by atoms with E-state index in [1.807, 2.05) is 55.5 Å². The fraction of sp³-hybridized carbons (Fsp3) is 0.391. The summed E-state index contributed by atoms with van der Waals surface area (Å²) in [6.07, 6.45) is 0.193. The van der Waals surface area contributed by atoms with Gasteiger partial charge in [-0.3, -0.25) is 9.59 Å². The number of benzene rings is 2. The van der Waals surface area contributed by atoms with Crippen LogP contribution in [0.5, 0.6) is 5.75 Å². The van der Waals surface area contributed by atoms with Gasteiger partial charge in [-0.15, -0.1) is 0 Å². The molecule has 2 aromatic carbocycles. The Morgan fingerprint density at radius 2 is 1.68 bits per heavy atom. The highest BCUT2D eigenvalue weighted by atomic mass is 16.5. The van der Waals surface area contributed by atoms with E-state index in [2.05, 4.69) is 26.1 Å². The van der Waals surface area contributed by atoms with E-state index >= 15 is 0 Å². The van der Waals surface area contributed by atoms with Gasteiger partial charge in [0.05, 0.1) is 12.3 Å². The van der Waals surface area contributed by atoms with Crippen LogP contribution < -0.4 is 15.0 Å². The normalized spacial score (nSPS) is 11.0. The molecular formula is C23H30N2O3. The summed E-state index contributed by atoms with van der Waals surface area (Å²) in [6.45, 7) is 10.5. The van der Waals surface area contributed by atoms with E-state index in [1.165, 1.54) is 6.92 Å². The maximum atomic E-state index is 12.6. The van der Waals surface area contributed by atoms with Crippen molar-refractivity contribution in [1.29, 1.82) is 0 Å². The first-order valence-electron chi connectivity index (χ1n) is 9.63. The molecule has 28 heavy (non-hydrogen) atoms. The molecule has 150 valence electrons. The third-order valence-corrected chi connectivity index (χ3v) is 4.41. The predicted octanol–water partition coefficient (Wildman–Crippen LogP) is 4.76. The lowest BCUT2D eigenvalue weighted by Gasteiger charge is -2.25. The van der Waals surface area contributed by atoms with Gasteiger partial charge >= 0.3 is 0 Å². The molecule has 0 aliphatic rings. The molecule has 0 aliphatic carbocycles. The van der Waals surface area contributed by atoms with Gasteiger partial charge in [0.2, 0.25) is 11.8 Å². The van der Waals surface area contributed by atoms with E-state index in [0.717, 1.165) is 11.3 Å². The molecule has 2 rings (SSSR count). The smallest absolute Gasteiger partial charge is 0.226 e. The molecule has 0 spiro atoms. The van der Waals surface area contributed by atoms with Crippen LogP contribution in [0, 0.1) is 0 Å². The molecule has 0 aliphatic heterocycles. The fourth-order valence-electron chi connectivity index (χ4n) is 3.08. The monoisotopic (exact) mass is 382 g/mol. The molecule has 0 unspecified atom stereocenters. The van der Waals surface area contributed by atoms with E-state index in [9.17, 15) is 9.59 Å².